The average molecular weight is 187 g/mol. The van der Waals surface area contributed by atoms with Crippen molar-refractivity contribution < 1.29 is 19.8 Å². The summed E-state index contributed by atoms with van der Waals surface area (Å²) in [6, 6.07) is 0. The fourth-order valence-electron chi connectivity index (χ4n) is 0. The molecule has 0 saturated heterocycles. The molecule has 4 nitrogen and oxygen atoms in total. The number of rotatable bonds is 2. The van der Waals surface area contributed by atoms with Crippen molar-refractivity contribution in [2.75, 3.05) is 0 Å². The molecular weight excluding hydrogens is 175 g/mol. The van der Waals surface area contributed by atoms with Gasteiger partial charge in [0.25, 0.3) is 0 Å². The van der Waals surface area contributed by atoms with Crippen LogP contribution in [0.15, 0.2) is 0 Å². The second-order valence-electron chi connectivity index (χ2n) is 1.49. The van der Waals surface area contributed by atoms with Crippen LogP contribution in [0.2, 0.25) is 0 Å². The third-order valence-corrected chi connectivity index (χ3v) is 0.605. The molecule has 0 saturated carbocycles. The van der Waals surface area contributed by atoms with Gasteiger partial charge in [-0.1, -0.05) is 13.8 Å². The summed E-state index contributed by atoms with van der Waals surface area (Å²) in [6.45, 7) is 3.20. The van der Waals surface area contributed by atoms with E-state index in [1.165, 1.54) is 0 Å². The van der Waals surface area contributed by atoms with Gasteiger partial charge in [0.05, 0.1) is 0 Å². The summed E-state index contributed by atoms with van der Waals surface area (Å²) >= 11 is 0. The summed E-state index contributed by atoms with van der Waals surface area (Å²) in [5, 5.41) is 15.4. The van der Waals surface area contributed by atoms with Crippen molar-refractivity contribution in [3.63, 3.8) is 0 Å². The summed E-state index contributed by atoms with van der Waals surface area (Å²) in [7, 11) is 0. The van der Waals surface area contributed by atoms with E-state index in [0.717, 1.165) is 0 Å². The second kappa shape index (κ2) is 13.2. The molecule has 5 heteroatoms. The van der Waals surface area contributed by atoms with Gasteiger partial charge in [-0.2, -0.15) is 0 Å². The van der Waals surface area contributed by atoms with Crippen molar-refractivity contribution >= 4 is 63.3 Å². The van der Waals surface area contributed by atoms with Crippen LogP contribution in [0.4, 0.5) is 0 Å². The van der Waals surface area contributed by atoms with Gasteiger partial charge in [0.15, 0.2) is 0 Å². The molecule has 2 N–H and O–H groups in total. The predicted molar refractivity (Wildman–Crippen MR) is 41.6 cm³/mol. The standard InChI is InChI=1S/2C3H6O2.K/c2*1-2-3(4)5;/h2*2H2,1H3,(H,4,5);. The zero-order valence-electron chi connectivity index (χ0n) is 7.13. The Labute approximate surface area is 108 Å². The minimum absolute atomic E-state index is 0. The topological polar surface area (TPSA) is 74.6 Å². The zero-order valence-corrected chi connectivity index (χ0v) is 10.2. The van der Waals surface area contributed by atoms with Crippen molar-refractivity contribution in [2.45, 2.75) is 26.7 Å². The SMILES string of the molecule is CCC(=O)O.CCC(=O)O.[K]. The Kier molecular flexibility index (Phi) is 21.1. The van der Waals surface area contributed by atoms with E-state index in [1.54, 1.807) is 13.8 Å². The molecule has 0 heterocycles. The van der Waals surface area contributed by atoms with E-state index < -0.39 is 11.9 Å². The molecule has 1 radical (unpaired) electrons. The molecule has 0 spiro atoms. The quantitative estimate of drug-likeness (QED) is 0.620. The molecular formula is C6H12KO4. The monoisotopic (exact) mass is 187 g/mol. The van der Waals surface area contributed by atoms with Crippen LogP contribution < -0.4 is 0 Å². The third kappa shape index (κ3) is 37.1. The molecule has 0 rings (SSSR count). The van der Waals surface area contributed by atoms with Gasteiger partial charge >= 0.3 is 11.9 Å². The maximum atomic E-state index is 9.37. The summed E-state index contributed by atoms with van der Waals surface area (Å²) < 4.78 is 0. The van der Waals surface area contributed by atoms with Crippen LogP contribution >= 0.6 is 0 Å². The zero-order chi connectivity index (χ0) is 8.57. The summed E-state index contributed by atoms with van der Waals surface area (Å²) in [4.78, 5) is 18.7. The van der Waals surface area contributed by atoms with Crippen LogP contribution in [0.25, 0.3) is 0 Å². The first kappa shape index (κ1) is 17.6. The van der Waals surface area contributed by atoms with Gasteiger partial charge < -0.3 is 10.2 Å². The van der Waals surface area contributed by atoms with Gasteiger partial charge in [0, 0.05) is 64.2 Å². The Morgan fingerprint density at radius 1 is 1.00 bits per heavy atom. The number of carboxylic acids is 2. The Bertz CT molecular complexity index is 99.1. The van der Waals surface area contributed by atoms with Gasteiger partial charge in [-0.05, 0) is 0 Å². The largest absolute Gasteiger partial charge is 0.481 e. The fourth-order valence-corrected chi connectivity index (χ4v) is 0. The van der Waals surface area contributed by atoms with Gasteiger partial charge in [0.2, 0.25) is 0 Å². The van der Waals surface area contributed by atoms with Crippen LogP contribution in [-0.2, 0) is 9.59 Å². The molecule has 0 amide bonds. The van der Waals surface area contributed by atoms with Gasteiger partial charge in [-0.25, -0.2) is 0 Å². The summed E-state index contributed by atoms with van der Waals surface area (Å²) in [5.74, 6) is -1.49. The molecule has 0 atom stereocenters. The Morgan fingerprint density at radius 2 is 1.09 bits per heavy atom. The molecule has 61 valence electrons. The summed E-state index contributed by atoms with van der Waals surface area (Å²) in [6.07, 6.45) is 0.444. The number of carboxylic acid groups (broad SMARTS) is 2. The van der Waals surface area contributed by atoms with Crippen LogP contribution in [0.5, 0.6) is 0 Å². The van der Waals surface area contributed by atoms with E-state index in [0.29, 0.717) is 0 Å². The predicted octanol–water partition coefficient (Wildman–Crippen LogP) is 0.581. The molecule has 0 aromatic carbocycles. The van der Waals surface area contributed by atoms with Crippen LogP contribution in [0.3, 0.4) is 0 Å². The second-order valence-corrected chi connectivity index (χ2v) is 1.49. The molecule has 0 aromatic rings. The van der Waals surface area contributed by atoms with Crippen LogP contribution in [-0.4, -0.2) is 73.5 Å². The molecule has 0 bridgehead atoms. The van der Waals surface area contributed by atoms with E-state index in [9.17, 15) is 9.59 Å². The Balaban J connectivity index is -0.000000107. The minimum Gasteiger partial charge on any atom is -0.481 e. The van der Waals surface area contributed by atoms with Gasteiger partial charge in [-0.3, -0.25) is 9.59 Å². The minimum atomic E-state index is -0.745. The van der Waals surface area contributed by atoms with Crippen molar-refractivity contribution in [1.29, 1.82) is 0 Å². The number of aliphatic carboxylic acids is 2. The first-order chi connectivity index (χ1) is 4.54. The molecule has 0 aliphatic carbocycles. The van der Waals surface area contributed by atoms with Crippen molar-refractivity contribution in [3.8, 4) is 0 Å². The first-order valence-corrected chi connectivity index (χ1v) is 2.98. The van der Waals surface area contributed by atoms with Crippen LogP contribution in [0, 0.1) is 0 Å². The van der Waals surface area contributed by atoms with E-state index >= 15 is 0 Å². The summed E-state index contributed by atoms with van der Waals surface area (Å²) in [5.41, 5.74) is 0. The fraction of sp³-hybridized carbons (Fsp3) is 0.667. The van der Waals surface area contributed by atoms with E-state index in [-0.39, 0.29) is 64.2 Å². The van der Waals surface area contributed by atoms with Crippen molar-refractivity contribution in [3.05, 3.63) is 0 Å². The smallest absolute Gasteiger partial charge is 0.303 e. The van der Waals surface area contributed by atoms with Crippen LogP contribution in [0.1, 0.15) is 26.7 Å². The maximum absolute atomic E-state index is 9.37. The number of hydrogen-bond donors (Lipinski definition) is 2. The van der Waals surface area contributed by atoms with Gasteiger partial charge in [-0.15, -0.1) is 0 Å². The molecule has 0 aliphatic heterocycles. The number of hydrogen-bond acceptors (Lipinski definition) is 2. The van der Waals surface area contributed by atoms with Crippen molar-refractivity contribution in [1.82, 2.24) is 0 Å². The first-order valence-electron chi connectivity index (χ1n) is 2.98. The third-order valence-electron chi connectivity index (χ3n) is 0.605. The Hall–Kier alpha value is 0.576. The molecule has 0 aromatic heterocycles. The normalized spacial score (nSPS) is 6.73. The Morgan fingerprint density at radius 3 is 1.09 bits per heavy atom. The van der Waals surface area contributed by atoms with E-state index in [1.807, 2.05) is 0 Å². The van der Waals surface area contributed by atoms with E-state index in [4.69, 9.17) is 10.2 Å². The maximum Gasteiger partial charge on any atom is 0.303 e. The van der Waals surface area contributed by atoms with E-state index in [2.05, 4.69) is 0 Å². The number of carbonyl (C=O) groups is 2. The molecule has 0 aliphatic rings. The van der Waals surface area contributed by atoms with Crippen molar-refractivity contribution in [2.24, 2.45) is 0 Å². The molecule has 11 heavy (non-hydrogen) atoms. The molecule has 0 fully saturated rings. The van der Waals surface area contributed by atoms with Gasteiger partial charge in [0.1, 0.15) is 0 Å². The average Bonchev–Trinajstić information content (AvgIpc) is 1.89. The molecule has 0 unspecified atom stereocenters.